The van der Waals surface area contributed by atoms with Crippen LogP contribution in [0.2, 0.25) is 0 Å². The minimum absolute atomic E-state index is 0.0610. The van der Waals surface area contributed by atoms with E-state index in [0.717, 1.165) is 23.0 Å². The lowest BCUT2D eigenvalue weighted by Crippen LogP contribution is -2.37. The Labute approximate surface area is 166 Å². The van der Waals surface area contributed by atoms with Gasteiger partial charge in [-0.2, -0.15) is 0 Å². The van der Waals surface area contributed by atoms with Gasteiger partial charge in [-0.3, -0.25) is 9.69 Å². The molecular formula is C24H29N3O. The van der Waals surface area contributed by atoms with Gasteiger partial charge in [0.2, 0.25) is 5.91 Å². The normalized spacial score (nSPS) is 17.7. The highest BCUT2D eigenvalue weighted by Crippen LogP contribution is 2.21. The van der Waals surface area contributed by atoms with E-state index in [-0.39, 0.29) is 5.91 Å². The van der Waals surface area contributed by atoms with Crippen LogP contribution in [0.5, 0.6) is 0 Å². The SMILES string of the molecule is C[C@H]1CCCCN1Cc1ccccc1CNC(=O)Cc1c[nH]c2ccccc12. The summed E-state index contributed by atoms with van der Waals surface area (Å²) < 4.78 is 0. The smallest absolute Gasteiger partial charge is 0.224 e. The van der Waals surface area contributed by atoms with Gasteiger partial charge in [-0.05, 0) is 49.1 Å². The predicted molar refractivity (Wildman–Crippen MR) is 114 cm³/mol. The molecule has 1 aliphatic rings. The van der Waals surface area contributed by atoms with Gasteiger partial charge in [0.25, 0.3) is 0 Å². The van der Waals surface area contributed by atoms with Crippen LogP contribution in [0.1, 0.15) is 42.9 Å². The minimum Gasteiger partial charge on any atom is -0.361 e. The molecule has 2 aromatic carbocycles. The van der Waals surface area contributed by atoms with E-state index in [4.69, 9.17) is 0 Å². The first kappa shape index (κ1) is 18.8. The fraction of sp³-hybridized carbons (Fsp3) is 0.375. The zero-order valence-corrected chi connectivity index (χ0v) is 16.6. The van der Waals surface area contributed by atoms with Gasteiger partial charge < -0.3 is 10.3 Å². The number of likely N-dealkylation sites (tertiary alicyclic amines) is 1. The molecule has 0 saturated carbocycles. The second kappa shape index (κ2) is 8.61. The van der Waals surface area contributed by atoms with Gasteiger partial charge in [0.1, 0.15) is 0 Å². The lowest BCUT2D eigenvalue weighted by molar-refractivity contribution is -0.120. The maximum Gasteiger partial charge on any atom is 0.224 e. The maximum atomic E-state index is 12.5. The van der Waals surface area contributed by atoms with E-state index < -0.39 is 0 Å². The van der Waals surface area contributed by atoms with Crippen molar-refractivity contribution < 1.29 is 4.79 Å². The third kappa shape index (κ3) is 4.28. The van der Waals surface area contributed by atoms with Crippen LogP contribution in [0.25, 0.3) is 10.9 Å². The summed E-state index contributed by atoms with van der Waals surface area (Å²) in [6.45, 7) is 5.04. The first-order chi connectivity index (χ1) is 13.7. The average molecular weight is 376 g/mol. The first-order valence-corrected chi connectivity index (χ1v) is 10.3. The number of fused-ring (bicyclic) bond motifs is 1. The number of nitrogens with one attached hydrogen (secondary N) is 2. The summed E-state index contributed by atoms with van der Waals surface area (Å²) in [5.41, 5.74) is 4.66. The van der Waals surface area contributed by atoms with Crippen molar-refractivity contribution in [2.75, 3.05) is 6.54 Å². The molecule has 0 spiro atoms. The lowest BCUT2D eigenvalue weighted by atomic mass is 10.0. The van der Waals surface area contributed by atoms with Crippen molar-refractivity contribution in [2.24, 2.45) is 0 Å². The molecule has 4 nitrogen and oxygen atoms in total. The highest BCUT2D eigenvalue weighted by atomic mass is 16.1. The van der Waals surface area contributed by atoms with Gasteiger partial charge in [0, 0.05) is 36.2 Å². The number of hydrogen-bond donors (Lipinski definition) is 2. The molecule has 4 heteroatoms. The molecule has 1 saturated heterocycles. The third-order valence-electron chi connectivity index (χ3n) is 5.93. The molecule has 28 heavy (non-hydrogen) atoms. The van der Waals surface area contributed by atoms with E-state index >= 15 is 0 Å². The molecule has 1 fully saturated rings. The van der Waals surface area contributed by atoms with Gasteiger partial charge in [-0.25, -0.2) is 0 Å². The van der Waals surface area contributed by atoms with Gasteiger partial charge >= 0.3 is 0 Å². The van der Waals surface area contributed by atoms with Crippen LogP contribution in [0.15, 0.2) is 54.7 Å². The second-order valence-corrected chi connectivity index (χ2v) is 7.90. The van der Waals surface area contributed by atoms with E-state index in [1.165, 1.54) is 36.9 Å². The number of aromatic amines is 1. The minimum atomic E-state index is 0.0610. The average Bonchev–Trinajstić information content (AvgIpc) is 3.12. The summed E-state index contributed by atoms with van der Waals surface area (Å²) in [7, 11) is 0. The van der Waals surface area contributed by atoms with Crippen molar-refractivity contribution in [3.8, 4) is 0 Å². The van der Waals surface area contributed by atoms with Crippen molar-refractivity contribution in [1.29, 1.82) is 0 Å². The molecule has 0 aliphatic carbocycles. The summed E-state index contributed by atoms with van der Waals surface area (Å²) in [6, 6.07) is 17.2. The van der Waals surface area contributed by atoms with E-state index in [1.807, 2.05) is 24.4 Å². The van der Waals surface area contributed by atoms with Gasteiger partial charge in [0.15, 0.2) is 0 Å². The largest absolute Gasteiger partial charge is 0.361 e. The van der Waals surface area contributed by atoms with Gasteiger partial charge in [0.05, 0.1) is 6.42 Å². The molecule has 1 aliphatic heterocycles. The number of rotatable bonds is 6. The van der Waals surface area contributed by atoms with Crippen LogP contribution in [0, 0.1) is 0 Å². The van der Waals surface area contributed by atoms with Crippen LogP contribution in [-0.4, -0.2) is 28.4 Å². The standard InChI is InChI=1S/C24H29N3O/c1-18-8-6-7-13-27(18)17-20-10-3-2-9-19(20)15-26-24(28)14-21-16-25-23-12-5-4-11-22(21)23/h2-5,9-12,16,18,25H,6-8,13-15,17H2,1H3,(H,26,28)/t18-/m0/s1. The number of piperidine rings is 1. The summed E-state index contributed by atoms with van der Waals surface area (Å²) in [5.74, 6) is 0.0610. The molecule has 3 aromatic rings. The first-order valence-electron chi connectivity index (χ1n) is 10.3. The number of H-pyrrole nitrogens is 1. The molecule has 146 valence electrons. The van der Waals surface area contributed by atoms with Gasteiger partial charge in [-0.1, -0.05) is 48.9 Å². The number of hydrogen-bond acceptors (Lipinski definition) is 2. The lowest BCUT2D eigenvalue weighted by Gasteiger charge is -2.33. The van der Waals surface area contributed by atoms with E-state index in [0.29, 0.717) is 19.0 Å². The van der Waals surface area contributed by atoms with E-state index in [1.54, 1.807) is 0 Å². The van der Waals surface area contributed by atoms with Crippen LogP contribution in [-0.2, 0) is 24.3 Å². The molecule has 0 bridgehead atoms. The highest BCUT2D eigenvalue weighted by Gasteiger charge is 2.19. The molecule has 0 unspecified atom stereocenters. The Morgan fingerprint density at radius 2 is 1.86 bits per heavy atom. The van der Waals surface area contributed by atoms with Crippen molar-refractivity contribution in [3.63, 3.8) is 0 Å². The molecule has 2 heterocycles. The highest BCUT2D eigenvalue weighted by molar-refractivity contribution is 5.88. The molecule has 4 rings (SSSR count). The van der Waals surface area contributed by atoms with Crippen LogP contribution in [0.3, 0.4) is 0 Å². The van der Waals surface area contributed by atoms with Crippen molar-refractivity contribution in [3.05, 3.63) is 71.4 Å². The quantitative estimate of drug-likeness (QED) is 0.671. The maximum absolute atomic E-state index is 12.5. The Morgan fingerprint density at radius 3 is 2.71 bits per heavy atom. The van der Waals surface area contributed by atoms with Crippen molar-refractivity contribution in [2.45, 2.75) is 51.7 Å². The summed E-state index contributed by atoms with van der Waals surface area (Å²) in [6.07, 6.45) is 6.24. The zero-order valence-electron chi connectivity index (χ0n) is 16.6. The number of carbonyl (C=O) groups is 1. The van der Waals surface area contributed by atoms with Gasteiger partial charge in [-0.15, -0.1) is 0 Å². The van der Waals surface area contributed by atoms with Crippen LogP contribution in [0.4, 0.5) is 0 Å². The van der Waals surface area contributed by atoms with Crippen molar-refractivity contribution >= 4 is 16.8 Å². The summed E-state index contributed by atoms with van der Waals surface area (Å²) in [5, 5.41) is 4.24. The van der Waals surface area contributed by atoms with Crippen LogP contribution >= 0.6 is 0 Å². The summed E-state index contributed by atoms with van der Waals surface area (Å²) in [4.78, 5) is 18.4. The molecule has 1 aromatic heterocycles. The molecule has 2 N–H and O–H groups in total. The Kier molecular flexibility index (Phi) is 5.77. The fourth-order valence-corrected chi connectivity index (χ4v) is 4.20. The Morgan fingerprint density at radius 1 is 1.07 bits per heavy atom. The number of benzene rings is 2. The Balaban J connectivity index is 1.38. The predicted octanol–water partition coefficient (Wildman–Crippen LogP) is 4.40. The van der Waals surface area contributed by atoms with Crippen LogP contribution < -0.4 is 5.32 Å². The van der Waals surface area contributed by atoms with E-state index in [2.05, 4.69) is 52.5 Å². The van der Waals surface area contributed by atoms with Crippen molar-refractivity contribution in [1.82, 2.24) is 15.2 Å². The number of aromatic nitrogens is 1. The monoisotopic (exact) mass is 375 g/mol. The zero-order chi connectivity index (χ0) is 19.3. The Hall–Kier alpha value is -2.59. The number of carbonyl (C=O) groups excluding carboxylic acids is 1. The Bertz CT molecular complexity index is 946. The number of amides is 1. The van der Waals surface area contributed by atoms with E-state index in [9.17, 15) is 4.79 Å². The summed E-state index contributed by atoms with van der Waals surface area (Å²) >= 11 is 0. The third-order valence-corrected chi connectivity index (χ3v) is 5.93. The molecular weight excluding hydrogens is 346 g/mol. The number of nitrogens with zero attached hydrogens (tertiary/aromatic N) is 1. The second-order valence-electron chi connectivity index (χ2n) is 7.90. The topological polar surface area (TPSA) is 48.1 Å². The fourth-order valence-electron chi connectivity index (χ4n) is 4.20. The number of para-hydroxylation sites is 1. The molecule has 1 atom stereocenters. The molecule has 0 radical (unpaired) electrons. The molecule has 1 amide bonds.